The Bertz CT molecular complexity index is 438. The Morgan fingerprint density at radius 2 is 1.90 bits per heavy atom. The summed E-state index contributed by atoms with van der Waals surface area (Å²) in [6.45, 7) is 1.90. The van der Waals surface area contributed by atoms with E-state index in [1.54, 1.807) is 0 Å². The fourth-order valence-electron chi connectivity index (χ4n) is 3.49. The van der Waals surface area contributed by atoms with Crippen LogP contribution in [0.2, 0.25) is 0 Å². The first-order valence-corrected chi connectivity index (χ1v) is 7.95. The van der Waals surface area contributed by atoms with Crippen LogP contribution in [0.25, 0.3) is 0 Å². The van der Waals surface area contributed by atoms with Crippen LogP contribution >= 0.6 is 0 Å². The van der Waals surface area contributed by atoms with Crippen LogP contribution in [0, 0.1) is 0 Å². The van der Waals surface area contributed by atoms with Crippen LogP contribution in [-0.2, 0) is 4.79 Å². The Hall–Kier alpha value is -1.35. The molecule has 2 fully saturated rings. The average Bonchev–Trinajstić information content (AvgIpc) is 2.82. The molecule has 0 spiro atoms. The van der Waals surface area contributed by atoms with E-state index in [4.69, 9.17) is 0 Å². The van der Waals surface area contributed by atoms with Crippen molar-refractivity contribution in [2.75, 3.05) is 13.1 Å². The number of carbonyl (C=O) groups is 1. The van der Waals surface area contributed by atoms with Crippen molar-refractivity contribution in [3.8, 4) is 0 Å². The maximum atomic E-state index is 12.8. The third-order valence-corrected chi connectivity index (χ3v) is 4.58. The van der Waals surface area contributed by atoms with E-state index < -0.39 is 0 Å². The Morgan fingerprint density at radius 1 is 1.05 bits per heavy atom. The Kier molecular flexibility index (Phi) is 4.36. The second kappa shape index (κ2) is 6.40. The highest BCUT2D eigenvalue weighted by Crippen LogP contribution is 2.32. The number of amides is 1. The molecule has 3 rings (SSSR count). The molecule has 0 bridgehead atoms. The van der Waals surface area contributed by atoms with Crippen LogP contribution in [-0.4, -0.2) is 29.9 Å². The number of carbonyl (C=O) groups excluding carboxylic acids is 1. The van der Waals surface area contributed by atoms with Gasteiger partial charge < -0.3 is 10.2 Å². The lowest BCUT2D eigenvalue weighted by Crippen LogP contribution is -2.45. The molecule has 1 aromatic rings. The number of rotatable bonds is 2. The van der Waals surface area contributed by atoms with Gasteiger partial charge in [-0.25, -0.2) is 0 Å². The minimum Gasteiger partial charge on any atom is -0.334 e. The summed E-state index contributed by atoms with van der Waals surface area (Å²) in [4.78, 5) is 14.9. The van der Waals surface area contributed by atoms with Gasteiger partial charge in [-0.15, -0.1) is 0 Å². The summed E-state index contributed by atoms with van der Waals surface area (Å²) in [5.74, 6) is 0.318. The Morgan fingerprint density at radius 3 is 2.75 bits per heavy atom. The summed E-state index contributed by atoms with van der Waals surface area (Å²) in [6, 6.07) is 10.8. The third kappa shape index (κ3) is 2.88. The molecule has 2 heterocycles. The molecule has 2 saturated heterocycles. The summed E-state index contributed by atoms with van der Waals surface area (Å²) in [7, 11) is 0. The van der Waals surface area contributed by atoms with Crippen molar-refractivity contribution in [2.24, 2.45) is 0 Å². The van der Waals surface area contributed by atoms with Crippen molar-refractivity contribution in [1.29, 1.82) is 0 Å². The van der Waals surface area contributed by atoms with E-state index >= 15 is 0 Å². The van der Waals surface area contributed by atoms with Crippen molar-refractivity contribution in [2.45, 2.75) is 50.6 Å². The molecule has 0 saturated carbocycles. The summed E-state index contributed by atoms with van der Waals surface area (Å²) >= 11 is 0. The van der Waals surface area contributed by atoms with E-state index in [9.17, 15) is 4.79 Å². The predicted octanol–water partition coefficient (Wildman–Crippen LogP) is 2.88. The van der Waals surface area contributed by atoms with E-state index in [1.165, 1.54) is 24.8 Å². The number of nitrogens with one attached hydrogen (secondary N) is 1. The van der Waals surface area contributed by atoms with Crippen molar-refractivity contribution in [3.05, 3.63) is 35.9 Å². The number of nitrogens with zero attached hydrogens (tertiary/aromatic N) is 1. The molecule has 0 aliphatic carbocycles. The van der Waals surface area contributed by atoms with Crippen molar-refractivity contribution in [1.82, 2.24) is 10.2 Å². The SMILES string of the molecule is O=C(C1CCCCCN1)N1CCCC1c1ccccc1. The monoisotopic (exact) mass is 272 g/mol. The van der Waals surface area contributed by atoms with Crippen molar-refractivity contribution in [3.63, 3.8) is 0 Å². The quantitative estimate of drug-likeness (QED) is 0.898. The molecule has 2 unspecified atom stereocenters. The van der Waals surface area contributed by atoms with E-state index in [1.807, 2.05) is 6.07 Å². The number of likely N-dealkylation sites (tertiary alicyclic amines) is 1. The predicted molar refractivity (Wildman–Crippen MR) is 80.4 cm³/mol. The van der Waals surface area contributed by atoms with Crippen LogP contribution < -0.4 is 5.32 Å². The molecule has 2 atom stereocenters. The molecule has 3 nitrogen and oxygen atoms in total. The van der Waals surface area contributed by atoms with E-state index in [2.05, 4.69) is 34.5 Å². The van der Waals surface area contributed by atoms with E-state index in [0.29, 0.717) is 5.91 Å². The van der Waals surface area contributed by atoms with Crippen LogP contribution in [0.3, 0.4) is 0 Å². The maximum absolute atomic E-state index is 12.8. The minimum atomic E-state index is 0.0433. The smallest absolute Gasteiger partial charge is 0.240 e. The van der Waals surface area contributed by atoms with Crippen LogP contribution in [0.5, 0.6) is 0 Å². The molecule has 20 heavy (non-hydrogen) atoms. The lowest BCUT2D eigenvalue weighted by molar-refractivity contribution is -0.134. The van der Waals surface area contributed by atoms with E-state index in [0.717, 1.165) is 32.4 Å². The topological polar surface area (TPSA) is 32.3 Å². The lowest BCUT2D eigenvalue weighted by atomic mass is 10.0. The van der Waals surface area contributed by atoms with E-state index in [-0.39, 0.29) is 12.1 Å². The van der Waals surface area contributed by atoms with Crippen molar-refractivity contribution < 1.29 is 4.79 Å². The van der Waals surface area contributed by atoms with Gasteiger partial charge in [-0.05, 0) is 37.8 Å². The van der Waals surface area contributed by atoms with Gasteiger partial charge in [0.1, 0.15) is 0 Å². The normalized spacial score (nSPS) is 27.3. The molecule has 0 aromatic heterocycles. The second-order valence-corrected chi connectivity index (χ2v) is 5.96. The first-order valence-electron chi connectivity index (χ1n) is 7.95. The summed E-state index contributed by atoms with van der Waals surface area (Å²) in [5, 5.41) is 3.44. The standard InChI is InChI=1S/C17H24N2O/c20-17(15-10-5-2-6-12-18-15)19-13-7-11-16(19)14-8-3-1-4-9-14/h1,3-4,8-9,15-16,18H,2,5-7,10-13H2. The lowest BCUT2D eigenvalue weighted by Gasteiger charge is -2.29. The minimum absolute atomic E-state index is 0.0433. The fraction of sp³-hybridized carbons (Fsp3) is 0.588. The third-order valence-electron chi connectivity index (χ3n) is 4.58. The van der Waals surface area contributed by atoms with Crippen LogP contribution in [0.4, 0.5) is 0 Å². The zero-order valence-corrected chi connectivity index (χ0v) is 12.1. The van der Waals surface area contributed by atoms with Gasteiger partial charge in [-0.2, -0.15) is 0 Å². The first-order chi connectivity index (χ1) is 9.86. The highest BCUT2D eigenvalue weighted by atomic mass is 16.2. The maximum Gasteiger partial charge on any atom is 0.240 e. The zero-order chi connectivity index (χ0) is 13.8. The van der Waals surface area contributed by atoms with Gasteiger partial charge in [-0.3, -0.25) is 4.79 Å². The number of hydrogen-bond acceptors (Lipinski definition) is 2. The van der Waals surface area contributed by atoms with Crippen molar-refractivity contribution >= 4 is 5.91 Å². The summed E-state index contributed by atoms with van der Waals surface area (Å²) < 4.78 is 0. The number of benzene rings is 1. The fourth-order valence-corrected chi connectivity index (χ4v) is 3.49. The van der Waals surface area contributed by atoms with Crippen LogP contribution in [0.15, 0.2) is 30.3 Å². The molecule has 1 amide bonds. The molecule has 3 heteroatoms. The highest BCUT2D eigenvalue weighted by Gasteiger charge is 2.33. The van der Waals surface area contributed by atoms with Crippen LogP contribution in [0.1, 0.15) is 50.1 Å². The molecular weight excluding hydrogens is 248 g/mol. The zero-order valence-electron chi connectivity index (χ0n) is 12.1. The van der Waals surface area contributed by atoms with Gasteiger partial charge in [0.2, 0.25) is 5.91 Å². The van der Waals surface area contributed by atoms with Gasteiger partial charge in [0.05, 0.1) is 12.1 Å². The molecule has 1 N–H and O–H groups in total. The van der Waals surface area contributed by atoms with Gasteiger partial charge in [-0.1, -0.05) is 43.2 Å². The van der Waals surface area contributed by atoms with Gasteiger partial charge in [0.15, 0.2) is 0 Å². The second-order valence-electron chi connectivity index (χ2n) is 5.96. The highest BCUT2D eigenvalue weighted by molar-refractivity contribution is 5.82. The van der Waals surface area contributed by atoms with Gasteiger partial charge in [0.25, 0.3) is 0 Å². The first kappa shape index (κ1) is 13.6. The molecule has 108 valence electrons. The Labute approximate surface area is 121 Å². The number of hydrogen-bond donors (Lipinski definition) is 1. The summed E-state index contributed by atoms with van der Waals surface area (Å²) in [5.41, 5.74) is 1.28. The van der Waals surface area contributed by atoms with Gasteiger partial charge in [0, 0.05) is 6.54 Å². The molecule has 2 aliphatic heterocycles. The molecule has 2 aliphatic rings. The molecular formula is C17H24N2O. The molecule has 0 radical (unpaired) electrons. The largest absolute Gasteiger partial charge is 0.334 e. The van der Waals surface area contributed by atoms with Gasteiger partial charge >= 0.3 is 0 Å². The average molecular weight is 272 g/mol. The Balaban J connectivity index is 1.73. The summed E-state index contributed by atoms with van der Waals surface area (Å²) in [6.07, 6.45) is 6.84. The molecule has 1 aromatic carbocycles.